The first-order chi connectivity index (χ1) is 9.22. The molecule has 1 N–H and O–H groups in total. The summed E-state index contributed by atoms with van der Waals surface area (Å²) in [5.41, 5.74) is 0.693. The molecule has 2 aromatic rings. The van der Waals surface area contributed by atoms with E-state index in [2.05, 4.69) is 0 Å². The van der Waals surface area contributed by atoms with Gasteiger partial charge in [0.1, 0.15) is 17.2 Å². The summed E-state index contributed by atoms with van der Waals surface area (Å²) in [6.45, 7) is 2.47. The molecule has 0 aliphatic heterocycles. The van der Waals surface area contributed by atoms with E-state index in [1.807, 2.05) is 31.2 Å². The highest BCUT2D eigenvalue weighted by Crippen LogP contribution is 2.29. The third-order valence-corrected chi connectivity index (χ3v) is 2.80. The van der Waals surface area contributed by atoms with E-state index in [0.717, 1.165) is 5.75 Å². The summed E-state index contributed by atoms with van der Waals surface area (Å²) in [7, 11) is 0. The standard InChI is InChI=1S/C15H15ClO3/c1-2-18-13-5-7-14(8-6-13)19-15-9-12(16)4-3-11(15)10-17/h3-9,17H,2,10H2,1H3. The molecule has 0 unspecified atom stereocenters. The molecule has 0 bridgehead atoms. The van der Waals surface area contributed by atoms with Crippen LogP contribution in [0.1, 0.15) is 12.5 Å². The lowest BCUT2D eigenvalue weighted by Gasteiger charge is -2.11. The second-order valence-corrected chi connectivity index (χ2v) is 4.35. The minimum Gasteiger partial charge on any atom is -0.494 e. The van der Waals surface area contributed by atoms with Crippen LogP contribution >= 0.6 is 11.6 Å². The second-order valence-electron chi connectivity index (χ2n) is 3.92. The van der Waals surface area contributed by atoms with Crippen molar-refractivity contribution >= 4 is 11.6 Å². The maximum Gasteiger partial charge on any atom is 0.134 e. The Balaban J connectivity index is 2.18. The van der Waals surface area contributed by atoms with Crippen molar-refractivity contribution < 1.29 is 14.6 Å². The van der Waals surface area contributed by atoms with Crippen LogP contribution in [0.3, 0.4) is 0 Å². The van der Waals surface area contributed by atoms with Crippen LogP contribution in [0.15, 0.2) is 42.5 Å². The van der Waals surface area contributed by atoms with Crippen molar-refractivity contribution in [1.29, 1.82) is 0 Å². The Morgan fingerprint density at radius 1 is 1.05 bits per heavy atom. The summed E-state index contributed by atoms with van der Waals surface area (Å²) in [5.74, 6) is 2.02. The summed E-state index contributed by atoms with van der Waals surface area (Å²) >= 11 is 5.92. The maximum atomic E-state index is 9.26. The molecule has 0 spiro atoms. The largest absolute Gasteiger partial charge is 0.494 e. The van der Waals surface area contributed by atoms with E-state index in [4.69, 9.17) is 21.1 Å². The van der Waals surface area contributed by atoms with Gasteiger partial charge in [0.05, 0.1) is 13.2 Å². The maximum absolute atomic E-state index is 9.26. The van der Waals surface area contributed by atoms with E-state index in [1.165, 1.54) is 0 Å². The molecular formula is C15H15ClO3. The minimum atomic E-state index is -0.0937. The molecule has 2 aromatic carbocycles. The van der Waals surface area contributed by atoms with E-state index in [0.29, 0.717) is 28.7 Å². The number of halogens is 1. The number of ether oxygens (including phenoxy) is 2. The van der Waals surface area contributed by atoms with Gasteiger partial charge in [-0.2, -0.15) is 0 Å². The Bertz CT molecular complexity index is 538. The van der Waals surface area contributed by atoms with E-state index >= 15 is 0 Å². The van der Waals surface area contributed by atoms with Crippen LogP contribution in [-0.4, -0.2) is 11.7 Å². The van der Waals surface area contributed by atoms with Crippen LogP contribution < -0.4 is 9.47 Å². The highest BCUT2D eigenvalue weighted by atomic mass is 35.5. The zero-order valence-corrected chi connectivity index (χ0v) is 11.4. The Hall–Kier alpha value is -1.71. The fourth-order valence-corrected chi connectivity index (χ4v) is 1.81. The third kappa shape index (κ3) is 3.63. The number of benzene rings is 2. The normalized spacial score (nSPS) is 10.3. The lowest BCUT2D eigenvalue weighted by Crippen LogP contribution is -1.93. The molecule has 4 heteroatoms. The van der Waals surface area contributed by atoms with E-state index < -0.39 is 0 Å². The van der Waals surface area contributed by atoms with Gasteiger partial charge in [-0.15, -0.1) is 0 Å². The molecular weight excluding hydrogens is 264 g/mol. The molecule has 0 fully saturated rings. The quantitative estimate of drug-likeness (QED) is 0.898. The molecule has 100 valence electrons. The predicted octanol–water partition coefficient (Wildman–Crippen LogP) is 4.02. The van der Waals surface area contributed by atoms with Crippen LogP contribution in [0.2, 0.25) is 5.02 Å². The van der Waals surface area contributed by atoms with Crippen molar-refractivity contribution in [3.05, 3.63) is 53.1 Å². The van der Waals surface area contributed by atoms with Crippen molar-refractivity contribution in [2.45, 2.75) is 13.5 Å². The van der Waals surface area contributed by atoms with Gasteiger partial charge in [0, 0.05) is 10.6 Å². The number of aliphatic hydroxyl groups is 1. The van der Waals surface area contributed by atoms with Crippen molar-refractivity contribution in [2.24, 2.45) is 0 Å². The Labute approximate surface area is 117 Å². The number of rotatable bonds is 5. The van der Waals surface area contributed by atoms with Crippen molar-refractivity contribution in [3.63, 3.8) is 0 Å². The molecule has 2 rings (SSSR count). The van der Waals surface area contributed by atoms with Gasteiger partial charge < -0.3 is 14.6 Å². The molecule has 0 heterocycles. The van der Waals surface area contributed by atoms with Crippen molar-refractivity contribution in [1.82, 2.24) is 0 Å². The number of hydrogen-bond acceptors (Lipinski definition) is 3. The lowest BCUT2D eigenvalue weighted by molar-refractivity contribution is 0.276. The van der Waals surface area contributed by atoms with Crippen LogP contribution in [0.5, 0.6) is 17.2 Å². The zero-order chi connectivity index (χ0) is 13.7. The van der Waals surface area contributed by atoms with Crippen LogP contribution in [-0.2, 0) is 6.61 Å². The molecule has 0 aliphatic carbocycles. The average molecular weight is 279 g/mol. The molecule has 0 saturated heterocycles. The Morgan fingerprint density at radius 3 is 2.37 bits per heavy atom. The molecule has 0 atom stereocenters. The minimum absolute atomic E-state index is 0.0937. The van der Waals surface area contributed by atoms with E-state index in [9.17, 15) is 5.11 Å². The molecule has 0 aromatic heterocycles. The number of hydrogen-bond donors (Lipinski definition) is 1. The highest BCUT2D eigenvalue weighted by molar-refractivity contribution is 6.30. The monoisotopic (exact) mass is 278 g/mol. The first kappa shape index (κ1) is 13.7. The van der Waals surface area contributed by atoms with Crippen molar-refractivity contribution in [2.75, 3.05) is 6.61 Å². The van der Waals surface area contributed by atoms with Crippen LogP contribution in [0, 0.1) is 0 Å². The third-order valence-electron chi connectivity index (χ3n) is 2.56. The number of aliphatic hydroxyl groups excluding tert-OH is 1. The summed E-state index contributed by atoms with van der Waals surface area (Å²) < 4.78 is 11.1. The summed E-state index contributed by atoms with van der Waals surface area (Å²) in [6.07, 6.45) is 0. The Morgan fingerprint density at radius 2 is 1.74 bits per heavy atom. The molecule has 0 radical (unpaired) electrons. The molecule has 19 heavy (non-hydrogen) atoms. The van der Waals surface area contributed by atoms with Gasteiger partial charge in [-0.25, -0.2) is 0 Å². The summed E-state index contributed by atoms with van der Waals surface area (Å²) in [6, 6.07) is 12.4. The molecule has 0 saturated carbocycles. The lowest BCUT2D eigenvalue weighted by atomic mass is 10.2. The highest BCUT2D eigenvalue weighted by Gasteiger charge is 2.05. The first-order valence-electron chi connectivity index (χ1n) is 6.03. The Kier molecular flexibility index (Phi) is 4.66. The van der Waals surface area contributed by atoms with Gasteiger partial charge in [-0.3, -0.25) is 0 Å². The van der Waals surface area contributed by atoms with Crippen LogP contribution in [0.25, 0.3) is 0 Å². The van der Waals surface area contributed by atoms with Gasteiger partial charge in [0.25, 0.3) is 0 Å². The van der Waals surface area contributed by atoms with Gasteiger partial charge >= 0.3 is 0 Å². The summed E-state index contributed by atoms with van der Waals surface area (Å²) in [5, 5.41) is 9.83. The second kappa shape index (κ2) is 6.45. The summed E-state index contributed by atoms with van der Waals surface area (Å²) in [4.78, 5) is 0. The topological polar surface area (TPSA) is 38.7 Å². The van der Waals surface area contributed by atoms with Crippen molar-refractivity contribution in [3.8, 4) is 17.2 Å². The smallest absolute Gasteiger partial charge is 0.134 e. The van der Waals surface area contributed by atoms with Gasteiger partial charge in [-0.05, 0) is 43.3 Å². The van der Waals surface area contributed by atoms with E-state index in [1.54, 1.807) is 18.2 Å². The predicted molar refractivity (Wildman–Crippen MR) is 75.1 cm³/mol. The zero-order valence-electron chi connectivity index (χ0n) is 10.6. The molecule has 3 nitrogen and oxygen atoms in total. The van der Waals surface area contributed by atoms with Gasteiger partial charge in [-0.1, -0.05) is 17.7 Å². The fraction of sp³-hybridized carbons (Fsp3) is 0.200. The fourth-order valence-electron chi connectivity index (χ4n) is 1.65. The SMILES string of the molecule is CCOc1ccc(Oc2cc(Cl)ccc2CO)cc1. The first-order valence-corrected chi connectivity index (χ1v) is 6.40. The van der Waals surface area contributed by atoms with Crippen LogP contribution in [0.4, 0.5) is 0 Å². The molecule has 0 aliphatic rings. The molecule has 0 amide bonds. The van der Waals surface area contributed by atoms with Gasteiger partial charge in [0.2, 0.25) is 0 Å². The average Bonchev–Trinajstić information content (AvgIpc) is 2.42. The van der Waals surface area contributed by atoms with Gasteiger partial charge in [0.15, 0.2) is 0 Å². The van der Waals surface area contributed by atoms with E-state index in [-0.39, 0.29) is 6.61 Å².